The molecule has 0 aliphatic heterocycles. The van der Waals surface area contributed by atoms with E-state index in [1.54, 1.807) is 6.07 Å². The highest BCUT2D eigenvalue weighted by molar-refractivity contribution is 7.89. The van der Waals surface area contributed by atoms with Gasteiger partial charge in [0, 0.05) is 18.7 Å². The van der Waals surface area contributed by atoms with Crippen molar-refractivity contribution in [2.45, 2.75) is 18.7 Å². The number of hydrogen-bond donors (Lipinski definition) is 2. The fourth-order valence-electron chi connectivity index (χ4n) is 1.82. The molecule has 0 radical (unpaired) electrons. The molecule has 1 rings (SSSR count). The largest absolute Gasteiger partial charge is 0.389 e. The van der Waals surface area contributed by atoms with Gasteiger partial charge in [0.2, 0.25) is 10.0 Å². The fraction of sp³-hybridized carbons (Fsp3) is 0.462. The number of thiocarbonyl (C=S) groups is 1. The minimum atomic E-state index is -3.68. The number of rotatable bonds is 8. The van der Waals surface area contributed by atoms with Crippen LogP contribution in [0.5, 0.6) is 0 Å². The number of likely N-dealkylation sites (N-methyl/N-ethyl adjacent to an activating group) is 1. The predicted molar refractivity (Wildman–Crippen MR) is 90.3 cm³/mol. The molecule has 0 heterocycles. The van der Waals surface area contributed by atoms with Crippen molar-refractivity contribution in [2.24, 2.45) is 5.73 Å². The summed E-state index contributed by atoms with van der Waals surface area (Å²) in [5.41, 5.74) is 5.99. The molecule has 5 nitrogen and oxygen atoms in total. The van der Waals surface area contributed by atoms with Crippen LogP contribution in [0.1, 0.15) is 19.4 Å². The number of halogens is 1. The van der Waals surface area contributed by atoms with Gasteiger partial charge in [-0.15, -0.1) is 0 Å². The maximum Gasteiger partial charge on any atom is 0.242 e. The van der Waals surface area contributed by atoms with Gasteiger partial charge in [0.05, 0.1) is 5.02 Å². The second-order valence-corrected chi connectivity index (χ2v) is 7.02. The Bertz CT molecular complexity index is 601. The molecular formula is C13H20ClN3O2S2. The number of benzene rings is 1. The van der Waals surface area contributed by atoms with E-state index in [0.717, 1.165) is 13.1 Å². The molecule has 0 spiro atoms. The van der Waals surface area contributed by atoms with Gasteiger partial charge < -0.3 is 10.6 Å². The quantitative estimate of drug-likeness (QED) is 0.697. The summed E-state index contributed by atoms with van der Waals surface area (Å²) in [5.74, 6) is 0. The van der Waals surface area contributed by atoms with Gasteiger partial charge in [-0.1, -0.05) is 43.7 Å². The first-order chi connectivity index (χ1) is 9.81. The smallest absolute Gasteiger partial charge is 0.242 e. The Morgan fingerprint density at radius 3 is 2.52 bits per heavy atom. The summed E-state index contributed by atoms with van der Waals surface area (Å²) in [4.78, 5) is 2.25. The van der Waals surface area contributed by atoms with Crippen LogP contribution in [-0.2, 0) is 10.0 Å². The molecule has 118 valence electrons. The van der Waals surface area contributed by atoms with E-state index in [-0.39, 0.29) is 14.9 Å². The Morgan fingerprint density at radius 2 is 2.00 bits per heavy atom. The highest BCUT2D eigenvalue weighted by atomic mass is 35.5. The van der Waals surface area contributed by atoms with E-state index in [4.69, 9.17) is 29.6 Å². The zero-order valence-electron chi connectivity index (χ0n) is 12.1. The van der Waals surface area contributed by atoms with Gasteiger partial charge in [-0.25, -0.2) is 13.1 Å². The second-order valence-electron chi connectivity index (χ2n) is 4.43. The highest BCUT2D eigenvalue weighted by Crippen LogP contribution is 2.22. The third-order valence-electron chi connectivity index (χ3n) is 3.12. The predicted octanol–water partition coefficient (Wildman–Crippen LogP) is 1.59. The zero-order valence-corrected chi connectivity index (χ0v) is 14.5. The minimum Gasteiger partial charge on any atom is -0.389 e. The molecule has 0 aromatic heterocycles. The lowest BCUT2D eigenvalue weighted by Gasteiger charge is -2.18. The minimum absolute atomic E-state index is 0.00554. The molecule has 0 bridgehead atoms. The van der Waals surface area contributed by atoms with Gasteiger partial charge in [0.1, 0.15) is 9.88 Å². The molecule has 8 heteroatoms. The van der Waals surface area contributed by atoms with Crippen molar-refractivity contribution in [1.82, 2.24) is 9.62 Å². The Hall–Kier alpha value is -0.730. The molecule has 0 saturated heterocycles. The molecule has 21 heavy (non-hydrogen) atoms. The second kappa shape index (κ2) is 8.05. The van der Waals surface area contributed by atoms with Crippen LogP contribution in [0.15, 0.2) is 23.1 Å². The third-order valence-corrected chi connectivity index (χ3v) is 5.30. The SMILES string of the molecule is CCN(CC)CCNS(=O)(=O)c1cc(C(N)=S)ccc1Cl. The van der Waals surface area contributed by atoms with Crippen molar-refractivity contribution in [2.75, 3.05) is 26.2 Å². The molecular weight excluding hydrogens is 330 g/mol. The normalized spacial score (nSPS) is 11.8. The Kier molecular flexibility index (Phi) is 7.02. The van der Waals surface area contributed by atoms with Crippen molar-refractivity contribution in [3.05, 3.63) is 28.8 Å². The maximum atomic E-state index is 12.3. The summed E-state index contributed by atoms with van der Waals surface area (Å²) in [6, 6.07) is 4.47. The van der Waals surface area contributed by atoms with E-state index in [9.17, 15) is 8.42 Å². The van der Waals surface area contributed by atoms with Gasteiger partial charge in [0.25, 0.3) is 0 Å². The molecule has 0 atom stereocenters. The van der Waals surface area contributed by atoms with Crippen molar-refractivity contribution >= 4 is 38.8 Å². The summed E-state index contributed by atoms with van der Waals surface area (Å²) < 4.78 is 27.1. The summed E-state index contributed by atoms with van der Waals surface area (Å²) in [6.07, 6.45) is 0. The Labute approximate surface area is 136 Å². The number of nitrogens with zero attached hydrogens (tertiary/aromatic N) is 1. The number of sulfonamides is 1. The molecule has 0 aliphatic rings. The van der Waals surface area contributed by atoms with Crippen molar-refractivity contribution < 1.29 is 8.42 Å². The van der Waals surface area contributed by atoms with Gasteiger partial charge in [-0.05, 0) is 25.2 Å². The van der Waals surface area contributed by atoms with Crippen molar-refractivity contribution in [1.29, 1.82) is 0 Å². The molecule has 1 aromatic rings. The summed E-state index contributed by atoms with van der Waals surface area (Å²) >= 11 is 10.8. The molecule has 0 fully saturated rings. The third kappa shape index (κ3) is 5.19. The zero-order chi connectivity index (χ0) is 16.0. The number of nitrogens with two attached hydrogens (primary N) is 1. The first kappa shape index (κ1) is 18.3. The molecule has 0 aliphatic carbocycles. The lowest BCUT2D eigenvalue weighted by molar-refractivity contribution is 0.309. The average molecular weight is 350 g/mol. The van der Waals surface area contributed by atoms with Crippen LogP contribution < -0.4 is 10.5 Å². The van der Waals surface area contributed by atoms with Crippen LogP contribution in [0.2, 0.25) is 5.02 Å². The highest BCUT2D eigenvalue weighted by Gasteiger charge is 2.18. The van der Waals surface area contributed by atoms with Crippen LogP contribution in [0.3, 0.4) is 0 Å². The van der Waals surface area contributed by atoms with Gasteiger partial charge in [0.15, 0.2) is 0 Å². The van der Waals surface area contributed by atoms with Crippen LogP contribution >= 0.6 is 23.8 Å². The van der Waals surface area contributed by atoms with Crippen LogP contribution in [0, 0.1) is 0 Å². The van der Waals surface area contributed by atoms with Crippen LogP contribution in [-0.4, -0.2) is 44.5 Å². The summed E-state index contributed by atoms with van der Waals surface area (Å²) in [6.45, 7) is 6.75. The van der Waals surface area contributed by atoms with Crippen molar-refractivity contribution in [3.63, 3.8) is 0 Å². The molecule has 3 N–H and O–H groups in total. The lowest BCUT2D eigenvalue weighted by Crippen LogP contribution is -2.35. The van der Waals surface area contributed by atoms with Gasteiger partial charge in [-0.2, -0.15) is 0 Å². The monoisotopic (exact) mass is 349 g/mol. The maximum absolute atomic E-state index is 12.3. The van der Waals surface area contributed by atoms with E-state index in [1.165, 1.54) is 12.1 Å². The van der Waals surface area contributed by atoms with Crippen LogP contribution in [0.25, 0.3) is 0 Å². The van der Waals surface area contributed by atoms with E-state index >= 15 is 0 Å². The lowest BCUT2D eigenvalue weighted by atomic mass is 10.2. The Balaban J connectivity index is 2.87. The number of hydrogen-bond acceptors (Lipinski definition) is 4. The topological polar surface area (TPSA) is 75.4 Å². The van der Waals surface area contributed by atoms with E-state index in [1.807, 2.05) is 13.8 Å². The van der Waals surface area contributed by atoms with Gasteiger partial charge in [-0.3, -0.25) is 0 Å². The standard InChI is InChI=1S/C13H20ClN3O2S2/c1-3-17(4-2)8-7-16-21(18,19)12-9-10(13(15)20)5-6-11(12)14/h5-6,9,16H,3-4,7-8H2,1-2H3,(H2,15,20). The van der Waals surface area contributed by atoms with Crippen LogP contribution in [0.4, 0.5) is 0 Å². The molecule has 0 amide bonds. The van der Waals surface area contributed by atoms with E-state index in [2.05, 4.69) is 9.62 Å². The molecule has 1 aromatic carbocycles. The Morgan fingerprint density at radius 1 is 1.38 bits per heavy atom. The van der Waals surface area contributed by atoms with Crippen molar-refractivity contribution in [3.8, 4) is 0 Å². The number of nitrogens with one attached hydrogen (secondary N) is 1. The first-order valence-corrected chi connectivity index (χ1v) is 8.90. The molecule has 0 unspecified atom stereocenters. The van der Waals surface area contributed by atoms with Gasteiger partial charge >= 0.3 is 0 Å². The molecule has 0 saturated carbocycles. The van der Waals surface area contributed by atoms with E-state index in [0.29, 0.717) is 18.7 Å². The van der Waals surface area contributed by atoms with E-state index < -0.39 is 10.0 Å². The average Bonchev–Trinajstić information content (AvgIpc) is 2.43. The first-order valence-electron chi connectivity index (χ1n) is 6.63. The summed E-state index contributed by atoms with van der Waals surface area (Å²) in [7, 11) is -3.68. The summed E-state index contributed by atoms with van der Waals surface area (Å²) in [5, 5.41) is 0.144. The fourth-order valence-corrected chi connectivity index (χ4v) is 3.49.